The van der Waals surface area contributed by atoms with Crippen LogP contribution < -0.4 is 0 Å². The number of hydrogen-bond acceptors (Lipinski definition) is 4. The van der Waals surface area contributed by atoms with E-state index in [9.17, 15) is 4.79 Å². The molecule has 0 radical (unpaired) electrons. The number of unbranched alkanes of at least 4 members (excludes halogenated alkanes) is 1. The van der Waals surface area contributed by atoms with E-state index in [1.165, 1.54) is 0 Å². The molecule has 1 saturated heterocycles. The van der Waals surface area contributed by atoms with Crippen LogP contribution in [0.15, 0.2) is 6.33 Å². The van der Waals surface area contributed by atoms with Crippen molar-refractivity contribution in [2.45, 2.75) is 19.8 Å². The molecule has 0 spiro atoms. The Labute approximate surface area is 120 Å². The topological polar surface area (TPSA) is 61.5 Å². The first kappa shape index (κ1) is 15.0. The third-order valence-corrected chi connectivity index (χ3v) is 3.76. The van der Waals surface area contributed by atoms with Gasteiger partial charge in [0.15, 0.2) is 0 Å². The molecule has 1 aromatic rings. The smallest absolute Gasteiger partial charge is 0.274 e. The molecule has 1 fully saturated rings. The van der Waals surface area contributed by atoms with Crippen molar-refractivity contribution in [1.29, 1.82) is 0 Å². The quantitative estimate of drug-likeness (QED) is 0.787. The molecule has 0 bridgehead atoms. The average molecular weight is 280 g/mol. The molecule has 2 heterocycles. The van der Waals surface area contributed by atoms with E-state index in [2.05, 4.69) is 14.9 Å². The first-order valence-corrected chi connectivity index (χ1v) is 7.23. The Kier molecular flexibility index (Phi) is 5.55. The summed E-state index contributed by atoms with van der Waals surface area (Å²) in [5.41, 5.74) is 1.40. The summed E-state index contributed by atoms with van der Waals surface area (Å²) in [7, 11) is 1.74. The van der Waals surface area contributed by atoms with Gasteiger partial charge in [0.05, 0.1) is 6.33 Å². The van der Waals surface area contributed by atoms with Gasteiger partial charge < -0.3 is 14.6 Å². The molecule has 1 aromatic heterocycles. The molecule has 0 atom stereocenters. The number of aryl methyl sites for hydroxylation is 1. The number of imidazole rings is 1. The standard InChI is InChI=1S/C14H24N4O2/c1-12-13(16-11-15-12)14(19)18-8-6-17(7-9-18)5-3-4-10-20-2/h11H,3-10H2,1-2H3,(H,15,16). The summed E-state index contributed by atoms with van der Waals surface area (Å²) in [5, 5.41) is 0. The molecule has 6 heteroatoms. The summed E-state index contributed by atoms with van der Waals surface area (Å²) in [4.78, 5) is 23.7. The number of piperazine rings is 1. The van der Waals surface area contributed by atoms with E-state index in [0.717, 1.165) is 57.9 Å². The van der Waals surface area contributed by atoms with Gasteiger partial charge in [-0.1, -0.05) is 0 Å². The lowest BCUT2D eigenvalue weighted by Crippen LogP contribution is -2.49. The summed E-state index contributed by atoms with van der Waals surface area (Å²) in [6.07, 6.45) is 3.83. The molecular formula is C14H24N4O2. The Balaban J connectivity index is 1.74. The summed E-state index contributed by atoms with van der Waals surface area (Å²) in [6.45, 7) is 7.27. The predicted molar refractivity (Wildman–Crippen MR) is 76.8 cm³/mol. The van der Waals surface area contributed by atoms with Crippen molar-refractivity contribution in [3.05, 3.63) is 17.7 Å². The van der Waals surface area contributed by atoms with Crippen molar-refractivity contribution >= 4 is 5.91 Å². The Bertz CT molecular complexity index is 425. The number of nitrogens with zero attached hydrogens (tertiary/aromatic N) is 3. The zero-order valence-electron chi connectivity index (χ0n) is 12.4. The van der Waals surface area contributed by atoms with Crippen molar-refractivity contribution in [1.82, 2.24) is 19.8 Å². The van der Waals surface area contributed by atoms with Gasteiger partial charge in [-0.05, 0) is 26.3 Å². The minimum absolute atomic E-state index is 0.0442. The zero-order valence-corrected chi connectivity index (χ0v) is 12.4. The highest BCUT2D eigenvalue weighted by molar-refractivity contribution is 5.93. The highest BCUT2D eigenvalue weighted by Crippen LogP contribution is 2.10. The number of aromatic amines is 1. The summed E-state index contributed by atoms with van der Waals surface area (Å²) >= 11 is 0. The number of carbonyl (C=O) groups is 1. The minimum Gasteiger partial charge on any atom is -0.385 e. The van der Waals surface area contributed by atoms with Gasteiger partial charge in [-0.2, -0.15) is 0 Å². The number of aromatic nitrogens is 2. The number of H-pyrrole nitrogens is 1. The van der Waals surface area contributed by atoms with Crippen LogP contribution in [0.25, 0.3) is 0 Å². The minimum atomic E-state index is 0.0442. The van der Waals surface area contributed by atoms with Crippen LogP contribution >= 0.6 is 0 Å². The highest BCUT2D eigenvalue weighted by atomic mass is 16.5. The zero-order chi connectivity index (χ0) is 14.4. The monoisotopic (exact) mass is 280 g/mol. The number of ether oxygens (including phenoxy) is 1. The Morgan fingerprint density at radius 2 is 2.10 bits per heavy atom. The van der Waals surface area contributed by atoms with E-state index >= 15 is 0 Å². The van der Waals surface area contributed by atoms with E-state index < -0.39 is 0 Å². The third kappa shape index (κ3) is 3.80. The molecule has 20 heavy (non-hydrogen) atoms. The Morgan fingerprint density at radius 1 is 1.35 bits per heavy atom. The van der Waals surface area contributed by atoms with Crippen LogP contribution in [0, 0.1) is 6.92 Å². The molecular weight excluding hydrogens is 256 g/mol. The molecule has 1 aliphatic rings. The highest BCUT2D eigenvalue weighted by Gasteiger charge is 2.24. The van der Waals surface area contributed by atoms with Crippen molar-refractivity contribution in [3.8, 4) is 0 Å². The molecule has 0 unspecified atom stereocenters. The number of amides is 1. The second-order valence-electron chi connectivity index (χ2n) is 5.21. The van der Waals surface area contributed by atoms with E-state index in [1.54, 1.807) is 13.4 Å². The molecule has 0 aliphatic carbocycles. The molecule has 0 saturated carbocycles. The lowest BCUT2D eigenvalue weighted by Gasteiger charge is -2.34. The normalized spacial score (nSPS) is 16.6. The van der Waals surface area contributed by atoms with Gasteiger partial charge in [-0.25, -0.2) is 4.98 Å². The molecule has 112 valence electrons. The first-order chi connectivity index (χ1) is 9.72. The van der Waals surface area contributed by atoms with Gasteiger partial charge in [0.2, 0.25) is 0 Å². The Morgan fingerprint density at radius 3 is 2.70 bits per heavy atom. The van der Waals surface area contributed by atoms with Crippen molar-refractivity contribution < 1.29 is 9.53 Å². The summed E-state index contributed by atoms with van der Waals surface area (Å²) in [5.74, 6) is 0.0442. The van der Waals surface area contributed by atoms with Crippen molar-refractivity contribution in [3.63, 3.8) is 0 Å². The molecule has 1 N–H and O–H groups in total. The van der Waals surface area contributed by atoms with Crippen LogP contribution in [0.3, 0.4) is 0 Å². The van der Waals surface area contributed by atoms with Crippen LogP contribution in [0.2, 0.25) is 0 Å². The van der Waals surface area contributed by atoms with E-state index in [-0.39, 0.29) is 5.91 Å². The maximum Gasteiger partial charge on any atom is 0.274 e. The van der Waals surface area contributed by atoms with Crippen LogP contribution in [0.5, 0.6) is 0 Å². The van der Waals surface area contributed by atoms with Crippen LogP contribution in [-0.2, 0) is 4.74 Å². The van der Waals surface area contributed by atoms with Gasteiger partial charge in [-0.15, -0.1) is 0 Å². The van der Waals surface area contributed by atoms with Gasteiger partial charge >= 0.3 is 0 Å². The van der Waals surface area contributed by atoms with Gasteiger partial charge in [0.25, 0.3) is 5.91 Å². The average Bonchev–Trinajstić information content (AvgIpc) is 2.90. The van der Waals surface area contributed by atoms with E-state index in [0.29, 0.717) is 5.69 Å². The Hall–Kier alpha value is -1.40. The fraction of sp³-hybridized carbons (Fsp3) is 0.714. The first-order valence-electron chi connectivity index (χ1n) is 7.23. The third-order valence-electron chi connectivity index (χ3n) is 3.76. The number of nitrogens with one attached hydrogen (secondary N) is 1. The van der Waals surface area contributed by atoms with Crippen molar-refractivity contribution in [2.24, 2.45) is 0 Å². The molecule has 0 aromatic carbocycles. The molecule has 2 rings (SSSR count). The lowest BCUT2D eigenvalue weighted by molar-refractivity contribution is 0.0626. The van der Waals surface area contributed by atoms with Gasteiger partial charge in [0, 0.05) is 45.6 Å². The number of rotatable bonds is 6. The fourth-order valence-corrected chi connectivity index (χ4v) is 2.48. The van der Waals surface area contributed by atoms with Crippen LogP contribution in [0.4, 0.5) is 0 Å². The second-order valence-corrected chi connectivity index (χ2v) is 5.21. The van der Waals surface area contributed by atoms with Crippen molar-refractivity contribution in [2.75, 3.05) is 46.4 Å². The van der Waals surface area contributed by atoms with E-state index in [4.69, 9.17) is 4.74 Å². The SMILES string of the molecule is COCCCCN1CCN(C(=O)c2nc[nH]c2C)CC1. The fourth-order valence-electron chi connectivity index (χ4n) is 2.48. The summed E-state index contributed by atoms with van der Waals surface area (Å²) < 4.78 is 5.05. The largest absolute Gasteiger partial charge is 0.385 e. The summed E-state index contributed by atoms with van der Waals surface area (Å²) in [6, 6.07) is 0. The van der Waals surface area contributed by atoms with E-state index in [1.807, 2.05) is 11.8 Å². The second kappa shape index (κ2) is 7.40. The lowest BCUT2D eigenvalue weighted by atomic mass is 10.2. The molecule has 6 nitrogen and oxygen atoms in total. The number of methoxy groups -OCH3 is 1. The number of carbonyl (C=O) groups excluding carboxylic acids is 1. The number of hydrogen-bond donors (Lipinski definition) is 1. The van der Waals surface area contributed by atoms with Crippen LogP contribution in [0.1, 0.15) is 29.0 Å². The maximum atomic E-state index is 12.3. The molecule has 1 amide bonds. The maximum absolute atomic E-state index is 12.3. The predicted octanol–water partition coefficient (Wildman–Crippen LogP) is 0.903. The van der Waals surface area contributed by atoms with Gasteiger partial charge in [-0.3, -0.25) is 9.69 Å². The van der Waals surface area contributed by atoms with Crippen LogP contribution in [-0.4, -0.2) is 72.1 Å². The molecule has 1 aliphatic heterocycles. The van der Waals surface area contributed by atoms with Gasteiger partial charge in [0.1, 0.15) is 5.69 Å².